The molecule has 4 aliphatic rings. The van der Waals surface area contributed by atoms with Crippen LogP contribution < -0.4 is 0 Å². The molecule has 3 fully saturated rings. The van der Waals surface area contributed by atoms with Gasteiger partial charge in [0, 0.05) is 23.3 Å². The number of allylic oxidation sites excluding steroid dienone is 2. The third kappa shape index (κ3) is 3.10. The molecule has 0 aromatic heterocycles. The van der Waals surface area contributed by atoms with Gasteiger partial charge in [-0.2, -0.15) is 0 Å². The molecule has 0 aromatic rings. The molecule has 1 saturated carbocycles. The molecular weight excluding hydrogens is 388 g/mol. The van der Waals surface area contributed by atoms with Gasteiger partial charge in [0.2, 0.25) is 0 Å². The van der Waals surface area contributed by atoms with Crippen molar-refractivity contribution >= 4 is 5.97 Å². The third-order valence-electron chi connectivity index (χ3n) is 8.01. The molecule has 1 spiro atoms. The first-order chi connectivity index (χ1) is 14.2. The summed E-state index contributed by atoms with van der Waals surface area (Å²) in [6.45, 7) is 6.48. The van der Waals surface area contributed by atoms with Gasteiger partial charge < -0.3 is 29.5 Å². The lowest BCUT2D eigenvalue weighted by atomic mass is 9.52. The molecule has 3 N–H and O–H groups in total. The summed E-state index contributed by atoms with van der Waals surface area (Å²) in [6, 6.07) is 0. The summed E-state index contributed by atoms with van der Waals surface area (Å²) in [5.41, 5.74) is -0.0904. The predicted molar refractivity (Wildman–Crippen MR) is 108 cm³/mol. The lowest BCUT2D eigenvalue weighted by Gasteiger charge is -2.57. The summed E-state index contributed by atoms with van der Waals surface area (Å²) < 4.78 is 18.3. The van der Waals surface area contributed by atoms with E-state index in [4.69, 9.17) is 14.2 Å². The molecule has 8 atom stereocenters. The maximum atomic E-state index is 12.5. The Hall–Kier alpha value is -1.51. The fraction of sp³-hybridized carbons (Fsp3) is 0.696. The number of esters is 1. The van der Waals surface area contributed by atoms with Crippen LogP contribution in [-0.4, -0.2) is 70.6 Å². The normalized spacial score (nSPS) is 44.2. The Balaban J connectivity index is 1.52. The highest BCUT2D eigenvalue weighted by Gasteiger charge is 2.81. The van der Waals surface area contributed by atoms with Crippen molar-refractivity contribution < 1.29 is 34.3 Å². The van der Waals surface area contributed by atoms with Gasteiger partial charge in [0.1, 0.15) is 11.7 Å². The van der Waals surface area contributed by atoms with Crippen LogP contribution in [0.2, 0.25) is 0 Å². The van der Waals surface area contributed by atoms with E-state index in [1.165, 1.54) is 31.2 Å². The van der Waals surface area contributed by atoms with Crippen LogP contribution in [0.1, 0.15) is 40.0 Å². The smallest absolute Gasteiger partial charge is 0.331 e. The van der Waals surface area contributed by atoms with Crippen LogP contribution in [0.4, 0.5) is 0 Å². The van der Waals surface area contributed by atoms with Crippen molar-refractivity contribution in [3.05, 3.63) is 36.0 Å². The van der Waals surface area contributed by atoms with Crippen molar-refractivity contribution in [3.8, 4) is 0 Å². The van der Waals surface area contributed by atoms with Crippen LogP contribution in [-0.2, 0) is 19.0 Å². The van der Waals surface area contributed by atoms with E-state index in [-0.39, 0.29) is 30.3 Å². The number of hydrogen-bond donors (Lipinski definition) is 3. The lowest BCUT2D eigenvalue weighted by molar-refractivity contribution is -0.209. The fourth-order valence-electron chi connectivity index (χ4n) is 5.72. The molecule has 2 saturated heterocycles. The monoisotopic (exact) mass is 420 g/mol. The van der Waals surface area contributed by atoms with Gasteiger partial charge in [0.25, 0.3) is 0 Å². The number of fused-ring (bicyclic) bond motifs is 2. The molecule has 2 bridgehead atoms. The van der Waals surface area contributed by atoms with Crippen molar-refractivity contribution in [2.24, 2.45) is 10.8 Å². The van der Waals surface area contributed by atoms with Gasteiger partial charge in [0.05, 0.1) is 37.6 Å². The van der Waals surface area contributed by atoms with E-state index in [2.05, 4.69) is 13.8 Å². The minimum atomic E-state index is -0.984. The third-order valence-corrected chi connectivity index (χ3v) is 8.01. The predicted octanol–water partition coefficient (Wildman–Crippen LogP) is 1.42. The quantitative estimate of drug-likeness (QED) is 0.196. The van der Waals surface area contributed by atoms with Crippen LogP contribution in [0, 0.1) is 10.8 Å². The standard InChI is InChI=1S/C23H32O7/c1-14(25)16(26)6-4-5-7-20(27)30-18-11-19-23(13-28-23)22(18,3)21(2)9-8-15(12-24)10-17(21)29-19/h4-7,10,14,16-19,24-26H,8-9,11-13H2,1-3H3/b6-4+,7-5+/t14-,16+,17+,18+,19+,21+,22+,23-/m0/s1. The molecule has 2 heterocycles. The van der Waals surface area contributed by atoms with Gasteiger partial charge in [-0.25, -0.2) is 4.79 Å². The van der Waals surface area contributed by atoms with Crippen molar-refractivity contribution in [2.45, 2.75) is 76.2 Å². The van der Waals surface area contributed by atoms with E-state index < -0.39 is 29.2 Å². The Labute approximate surface area is 177 Å². The number of epoxide rings is 1. The second kappa shape index (κ2) is 7.57. The first-order valence-electron chi connectivity index (χ1n) is 10.7. The molecule has 30 heavy (non-hydrogen) atoms. The molecule has 0 amide bonds. The highest BCUT2D eigenvalue weighted by molar-refractivity contribution is 5.82. The average Bonchev–Trinajstić information content (AvgIpc) is 3.48. The zero-order valence-electron chi connectivity index (χ0n) is 17.8. The summed E-state index contributed by atoms with van der Waals surface area (Å²) in [6.07, 6.45) is 7.53. The molecule has 166 valence electrons. The van der Waals surface area contributed by atoms with E-state index in [0.29, 0.717) is 13.0 Å². The molecule has 7 nitrogen and oxygen atoms in total. The molecule has 2 aliphatic carbocycles. The number of carbonyl (C=O) groups excluding carboxylic acids is 1. The SMILES string of the molecule is C[C@H](O)[C@H](O)/C=C/C=C/C(=O)O[C@@H]1C[C@H]2O[C@@H]3C=C(CO)CC[C@@]3(C)[C@]1(C)[C@]21CO1. The first kappa shape index (κ1) is 21.7. The number of ether oxygens (including phenoxy) is 3. The van der Waals surface area contributed by atoms with Gasteiger partial charge in [-0.1, -0.05) is 38.2 Å². The Morgan fingerprint density at radius 2 is 2.10 bits per heavy atom. The number of rotatable bonds is 6. The summed E-state index contributed by atoms with van der Waals surface area (Å²) >= 11 is 0. The van der Waals surface area contributed by atoms with E-state index in [0.717, 1.165) is 18.4 Å². The van der Waals surface area contributed by atoms with Crippen molar-refractivity contribution in [2.75, 3.05) is 13.2 Å². The Kier molecular flexibility index (Phi) is 5.48. The molecule has 0 unspecified atom stereocenters. The largest absolute Gasteiger partial charge is 0.458 e. The van der Waals surface area contributed by atoms with Crippen molar-refractivity contribution in [1.29, 1.82) is 0 Å². The maximum absolute atomic E-state index is 12.5. The number of carbonyl (C=O) groups is 1. The molecule has 4 rings (SSSR count). The van der Waals surface area contributed by atoms with Crippen molar-refractivity contribution in [3.63, 3.8) is 0 Å². The molecule has 7 heteroatoms. The molecule has 0 radical (unpaired) electrons. The van der Waals surface area contributed by atoms with E-state index in [1.54, 1.807) is 0 Å². The van der Waals surface area contributed by atoms with E-state index in [1.807, 2.05) is 6.08 Å². The second-order valence-electron chi connectivity index (χ2n) is 9.46. The maximum Gasteiger partial charge on any atom is 0.331 e. The second-order valence-corrected chi connectivity index (χ2v) is 9.46. The zero-order chi connectivity index (χ0) is 21.7. The Morgan fingerprint density at radius 3 is 2.73 bits per heavy atom. The summed E-state index contributed by atoms with van der Waals surface area (Å²) in [5, 5.41) is 28.4. The van der Waals surface area contributed by atoms with Gasteiger partial charge >= 0.3 is 5.97 Å². The first-order valence-corrected chi connectivity index (χ1v) is 10.7. The van der Waals surface area contributed by atoms with Crippen LogP contribution in [0.15, 0.2) is 36.0 Å². The fourth-order valence-corrected chi connectivity index (χ4v) is 5.72. The van der Waals surface area contributed by atoms with E-state index in [9.17, 15) is 20.1 Å². The zero-order valence-corrected chi connectivity index (χ0v) is 17.8. The number of aliphatic hydroxyl groups is 3. The topological polar surface area (TPSA) is 109 Å². The minimum absolute atomic E-state index is 0.0411. The summed E-state index contributed by atoms with van der Waals surface area (Å²) in [7, 11) is 0. The van der Waals surface area contributed by atoms with Crippen LogP contribution in [0.25, 0.3) is 0 Å². The Bertz CT molecular complexity index is 780. The molecule has 0 aromatic carbocycles. The highest BCUT2D eigenvalue weighted by atomic mass is 16.6. The summed E-state index contributed by atoms with van der Waals surface area (Å²) in [5.74, 6) is -0.455. The average molecular weight is 421 g/mol. The van der Waals surface area contributed by atoms with Gasteiger partial charge in [-0.3, -0.25) is 0 Å². The van der Waals surface area contributed by atoms with E-state index >= 15 is 0 Å². The summed E-state index contributed by atoms with van der Waals surface area (Å²) in [4.78, 5) is 12.5. The lowest BCUT2D eigenvalue weighted by Crippen LogP contribution is -2.63. The molecular formula is C23H32O7. The number of hydrogen-bond acceptors (Lipinski definition) is 7. The molecule has 2 aliphatic heterocycles. The van der Waals surface area contributed by atoms with Crippen LogP contribution in [0.3, 0.4) is 0 Å². The van der Waals surface area contributed by atoms with Gasteiger partial charge in [-0.05, 0) is 25.3 Å². The van der Waals surface area contributed by atoms with Gasteiger partial charge in [-0.15, -0.1) is 0 Å². The van der Waals surface area contributed by atoms with Crippen molar-refractivity contribution in [1.82, 2.24) is 0 Å². The van der Waals surface area contributed by atoms with Gasteiger partial charge in [0.15, 0.2) is 0 Å². The van der Waals surface area contributed by atoms with Crippen LogP contribution >= 0.6 is 0 Å². The number of aliphatic hydroxyl groups excluding tert-OH is 3. The highest BCUT2D eigenvalue weighted by Crippen LogP contribution is 2.71. The van der Waals surface area contributed by atoms with Crippen LogP contribution in [0.5, 0.6) is 0 Å². The minimum Gasteiger partial charge on any atom is -0.458 e. The Morgan fingerprint density at radius 1 is 1.37 bits per heavy atom.